The van der Waals surface area contributed by atoms with Gasteiger partial charge >= 0.3 is 5.97 Å². The molecule has 1 heterocycles. The maximum atomic E-state index is 11.6. The molecule has 0 saturated carbocycles. The summed E-state index contributed by atoms with van der Waals surface area (Å²) in [4.78, 5) is 22.0. The van der Waals surface area contributed by atoms with Gasteiger partial charge in [0.15, 0.2) is 12.0 Å². The zero-order valence-corrected chi connectivity index (χ0v) is 11.1. The lowest BCUT2D eigenvalue weighted by molar-refractivity contribution is -0.145. The fraction of sp³-hybridized carbons (Fsp3) is 0.250. The third-order valence-electron chi connectivity index (χ3n) is 2.88. The first-order valence-corrected chi connectivity index (χ1v) is 6.50. The quantitative estimate of drug-likeness (QED) is 0.574. The van der Waals surface area contributed by atoms with Crippen LogP contribution in [0.1, 0.15) is 34.5 Å². The van der Waals surface area contributed by atoms with E-state index in [0.717, 1.165) is 12.8 Å². The van der Waals surface area contributed by atoms with E-state index in [-0.39, 0.29) is 18.3 Å². The standard InChI is InChI=1S/C16H16O4/c17-10-15-9-14(11-19-15)12-20-16(18)8-4-7-13-5-2-1-3-6-13/h1-3,5-6,9-11H,4,7-8,12H2. The van der Waals surface area contributed by atoms with Gasteiger partial charge in [-0.25, -0.2) is 0 Å². The molecule has 0 fully saturated rings. The molecule has 0 saturated heterocycles. The first-order valence-electron chi connectivity index (χ1n) is 6.50. The Labute approximate surface area is 117 Å². The second-order valence-corrected chi connectivity index (χ2v) is 4.48. The first kappa shape index (κ1) is 14.1. The molecular formula is C16H16O4. The van der Waals surface area contributed by atoms with E-state index in [2.05, 4.69) is 0 Å². The number of rotatable bonds is 7. The average molecular weight is 272 g/mol. The van der Waals surface area contributed by atoms with E-state index in [4.69, 9.17) is 9.15 Å². The van der Waals surface area contributed by atoms with Crippen molar-refractivity contribution in [1.82, 2.24) is 0 Å². The molecule has 104 valence electrons. The molecule has 0 radical (unpaired) electrons. The number of carbonyl (C=O) groups is 2. The third-order valence-corrected chi connectivity index (χ3v) is 2.88. The summed E-state index contributed by atoms with van der Waals surface area (Å²) in [5.41, 5.74) is 1.90. The summed E-state index contributed by atoms with van der Waals surface area (Å²) in [6.07, 6.45) is 4.03. The van der Waals surface area contributed by atoms with E-state index in [0.29, 0.717) is 18.3 Å². The highest BCUT2D eigenvalue weighted by Crippen LogP contribution is 2.09. The lowest BCUT2D eigenvalue weighted by atomic mass is 10.1. The predicted octanol–water partition coefficient (Wildman–Crippen LogP) is 3.16. The normalized spacial score (nSPS) is 10.2. The fourth-order valence-corrected chi connectivity index (χ4v) is 1.85. The van der Waals surface area contributed by atoms with Gasteiger partial charge in [0, 0.05) is 12.0 Å². The Morgan fingerprint density at radius 2 is 2.00 bits per heavy atom. The SMILES string of the molecule is O=Cc1cc(COC(=O)CCCc2ccccc2)co1. The lowest BCUT2D eigenvalue weighted by Crippen LogP contribution is -2.04. The van der Waals surface area contributed by atoms with E-state index in [1.807, 2.05) is 30.3 Å². The number of furan rings is 1. The van der Waals surface area contributed by atoms with Gasteiger partial charge in [0.25, 0.3) is 0 Å². The van der Waals surface area contributed by atoms with Gasteiger partial charge in [0.05, 0.1) is 6.26 Å². The van der Waals surface area contributed by atoms with E-state index in [9.17, 15) is 9.59 Å². The van der Waals surface area contributed by atoms with Crippen LogP contribution in [-0.4, -0.2) is 12.3 Å². The third kappa shape index (κ3) is 4.39. The number of esters is 1. The van der Waals surface area contributed by atoms with Crippen LogP contribution in [0.25, 0.3) is 0 Å². The van der Waals surface area contributed by atoms with Crippen LogP contribution in [0.4, 0.5) is 0 Å². The van der Waals surface area contributed by atoms with Crippen molar-refractivity contribution in [2.24, 2.45) is 0 Å². The highest BCUT2D eigenvalue weighted by atomic mass is 16.5. The van der Waals surface area contributed by atoms with Crippen LogP contribution in [0.5, 0.6) is 0 Å². The van der Waals surface area contributed by atoms with Crippen LogP contribution in [0.2, 0.25) is 0 Å². The number of hydrogen-bond acceptors (Lipinski definition) is 4. The molecule has 0 unspecified atom stereocenters. The zero-order chi connectivity index (χ0) is 14.2. The van der Waals surface area contributed by atoms with Gasteiger partial charge in [-0.15, -0.1) is 0 Å². The van der Waals surface area contributed by atoms with E-state index < -0.39 is 0 Å². The Kier molecular flexibility index (Phi) is 5.12. The van der Waals surface area contributed by atoms with Crippen molar-refractivity contribution in [3.63, 3.8) is 0 Å². The summed E-state index contributed by atoms with van der Waals surface area (Å²) >= 11 is 0. The van der Waals surface area contributed by atoms with Crippen molar-refractivity contribution in [3.05, 3.63) is 59.5 Å². The number of carbonyl (C=O) groups excluding carboxylic acids is 2. The van der Waals surface area contributed by atoms with Gasteiger partial charge in [-0.2, -0.15) is 0 Å². The first-order chi connectivity index (χ1) is 9.78. The molecule has 2 aromatic rings. The maximum absolute atomic E-state index is 11.6. The van der Waals surface area contributed by atoms with Crippen LogP contribution in [0.3, 0.4) is 0 Å². The summed E-state index contributed by atoms with van der Waals surface area (Å²) in [6.45, 7) is 0.140. The molecule has 0 aliphatic heterocycles. The summed E-state index contributed by atoms with van der Waals surface area (Å²) in [5.74, 6) is -0.00471. The van der Waals surface area contributed by atoms with Crippen molar-refractivity contribution in [2.75, 3.05) is 0 Å². The lowest BCUT2D eigenvalue weighted by Gasteiger charge is -2.03. The Hall–Kier alpha value is -2.36. The molecule has 0 bridgehead atoms. The molecule has 1 aromatic heterocycles. The number of aryl methyl sites for hydroxylation is 1. The monoisotopic (exact) mass is 272 g/mol. The predicted molar refractivity (Wildman–Crippen MR) is 73.3 cm³/mol. The molecule has 4 nitrogen and oxygen atoms in total. The number of aldehydes is 1. The van der Waals surface area contributed by atoms with Crippen molar-refractivity contribution >= 4 is 12.3 Å². The van der Waals surface area contributed by atoms with Crippen molar-refractivity contribution in [2.45, 2.75) is 25.9 Å². The van der Waals surface area contributed by atoms with E-state index in [1.54, 1.807) is 6.07 Å². The summed E-state index contributed by atoms with van der Waals surface area (Å²) in [6, 6.07) is 11.6. The fourth-order valence-electron chi connectivity index (χ4n) is 1.85. The van der Waals surface area contributed by atoms with Crippen LogP contribution in [0.15, 0.2) is 47.1 Å². The van der Waals surface area contributed by atoms with Gasteiger partial charge in [0.1, 0.15) is 6.61 Å². The van der Waals surface area contributed by atoms with Crippen LogP contribution in [-0.2, 0) is 22.6 Å². The molecule has 0 spiro atoms. The van der Waals surface area contributed by atoms with Gasteiger partial charge in [-0.05, 0) is 24.5 Å². The highest BCUT2D eigenvalue weighted by Gasteiger charge is 2.06. The minimum atomic E-state index is -0.241. The molecule has 0 atom stereocenters. The summed E-state index contributed by atoms with van der Waals surface area (Å²) in [7, 11) is 0. The molecule has 0 aliphatic rings. The second-order valence-electron chi connectivity index (χ2n) is 4.48. The Morgan fingerprint density at radius 3 is 2.70 bits per heavy atom. The molecule has 0 aliphatic carbocycles. The highest BCUT2D eigenvalue weighted by molar-refractivity contribution is 5.71. The van der Waals surface area contributed by atoms with Crippen molar-refractivity contribution < 1.29 is 18.7 Å². The Balaban J connectivity index is 1.66. The number of hydrogen-bond donors (Lipinski definition) is 0. The average Bonchev–Trinajstić information content (AvgIpc) is 2.94. The van der Waals surface area contributed by atoms with E-state index in [1.165, 1.54) is 11.8 Å². The van der Waals surface area contributed by atoms with Crippen LogP contribution < -0.4 is 0 Å². The van der Waals surface area contributed by atoms with E-state index >= 15 is 0 Å². The van der Waals surface area contributed by atoms with Crippen LogP contribution >= 0.6 is 0 Å². The molecule has 2 rings (SSSR count). The molecule has 4 heteroatoms. The number of ether oxygens (including phenoxy) is 1. The summed E-state index contributed by atoms with van der Waals surface area (Å²) in [5, 5.41) is 0. The maximum Gasteiger partial charge on any atom is 0.306 e. The molecule has 0 N–H and O–H groups in total. The van der Waals surface area contributed by atoms with Gasteiger partial charge < -0.3 is 9.15 Å². The van der Waals surface area contributed by atoms with Gasteiger partial charge in [0.2, 0.25) is 0 Å². The van der Waals surface area contributed by atoms with Crippen molar-refractivity contribution in [1.29, 1.82) is 0 Å². The molecule has 1 aromatic carbocycles. The molecular weight excluding hydrogens is 256 g/mol. The second kappa shape index (κ2) is 7.28. The van der Waals surface area contributed by atoms with Gasteiger partial charge in [-0.3, -0.25) is 9.59 Å². The molecule has 20 heavy (non-hydrogen) atoms. The minimum Gasteiger partial charge on any atom is -0.461 e. The van der Waals surface area contributed by atoms with Crippen LogP contribution in [0, 0.1) is 0 Å². The zero-order valence-electron chi connectivity index (χ0n) is 11.1. The minimum absolute atomic E-state index is 0.140. The number of benzene rings is 1. The summed E-state index contributed by atoms with van der Waals surface area (Å²) < 4.78 is 10.0. The Morgan fingerprint density at radius 1 is 1.20 bits per heavy atom. The largest absolute Gasteiger partial charge is 0.461 e. The Bertz CT molecular complexity index is 557. The van der Waals surface area contributed by atoms with Crippen molar-refractivity contribution in [3.8, 4) is 0 Å². The topological polar surface area (TPSA) is 56.5 Å². The van der Waals surface area contributed by atoms with Gasteiger partial charge in [-0.1, -0.05) is 30.3 Å². The molecule has 0 amide bonds. The smallest absolute Gasteiger partial charge is 0.306 e.